The first-order chi connectivity index (χ1) is 12.8. The molecule has 1 aliphatic rings. The number of carbonyl (C=O) groups is 3. The van der Waals surface area contributed by atoms with Crippen LogP contribution in [0, 0.1) is 6.92 Å². The lowest BCUT2D eigenvalue weighted by Crippen LogP contribution is -2.34. The Kier molecular flexibility index (Phi) is 5.66. The Morgan fingerprint density at radius 3 is 2.74 bits per heavy atom. The first-order valence-corrected chi connectivity index (χ1v) is 9.93. The van der Waals surface area contributed by atoms with Crippen LogP contribution in [0.25, 0.3) is 10.6 Å². The van der Waals surface area contributed by atoms with Gasteiger partial charge < -0.3 is 5.32 Å². The second-order valence-electron chi connectivity index (χ2n) is 6.02. The fourth-order valence-electron chi connectivity index (χ4n) is 2.49. The molecule has 0 fully saturated rings. The highest BCUT2D eigenvalue weighted by Gasteiger charge is 2.23. The summed E-state index contributed by atoms with van der Waals surface area (Å²) in [4.78, 5) is 42.4. The number of anilines is 1. The summed E-state index contributed by atoms with van der Waals surface area (Å²) in [5.74, 6) is -0.517. The molecule has 0 unspecified atom stereocenters. The summed E-state index contributed by atoms with van der Waals surface area (Å²) in [6, 6.07) is 3.91. The molecule has 2 aromatic rings. The molecule has 0 saturated heterocycles. The smallest absolute Gasteiger partial charge is 0.273 e. The molecule has 0 saturated carbocycles. The van der Waals surface area contributed by atoms with E-state index < -0.39 is 0 Å². The Morgan fingerprint density at radius 1 is 1.26 bits per heavy atom. The number of rotatable bonds is 5. The van der Waals surface area contributed by atoms with Crippen LogP contribution in [-0.2, 0) is 20.9 Å². The van der Waals surface area contributed by atoms with E-state index in [0.717, 1.165) is 20.3 Å². The maximum Gasteiger partial charge on any atom is 0.273 e. The van der Waals surface area contributed by atoms with Crippen LogP contribution < -0.4 is 10.6 Å². The zero-order chi connectivity index (χ0) is 19.6. The number of aromatic nitrogens is 1. The summed E-state index contributed by atoms with van der Waals surface area (Å²) in [6.45, 7) is 3.91. The van der Waals surface area contributed by atoms with Crippen molar-refractivity contribution in [3.05, 3.63) is 21.9 Å². The van der Waals surface area contributed by atoms with Crippen LogP contribution in [0.4, 0.5) is 5.13 Å². The van der Waals surface area contributed by atoms with Gasteiger partial charge in [0.05, 0.1) is 17.1 Å². The van der Waals surface area contributed by atoms with E-state index in [0.29, 0.717) is 23.8 Å². The van der Waals surface area contributed by atoms with Crippen LogP contribution in [0.3, 0.4) is 0 Å². The van der Waals surface area contributed by atoms with Crippen molar-refractivity contribution in [2.45, 2.75) is 33.2 Å². The standard InChI is InChI=1S/C17H19N5O3S2/c1-9-15(13-6-4-11(27-13)8-18-10(2)23)19-17(26-9)20-16(25)12-5-7-14(24)22(3)21-12/h4,6H,5,7-8H2,1-3H3,(H,18,23)(H,19,20,25). The van der Waals surface area contributed by atoms with Crippen molar-refractivity contribution in [3.63, 3.8) is 0 Å². The zero-order valence-electron chi connectivity index (χ0n) is 15.2. The lowest BCUT2D eigenvalue weighted by molar-refractivity contribution is -0.130. The third-order valence-corrected chi connectivity index (χ3v) is 5.87. The normalized spacial score (nSPS) is 14.1. The molecular weight excluding hydrogens is 386 g/mol. The number of carbonyl (C=O) groups excluding carboxylic acids is 3. The third-order valence-electron chi connectivity index (χ3n) is 3.89. The molecule has 8 nitrogen and oxygen atoms in total. The van der Waals surface area contributed by atoms with Crippen LogP contribution in [-0.4, -0.2) is 40.5 Å². The number of hydrazone groups is 1. The van der Waals surface area contributed by atoms with Gasteiger partial charge in [-0.05, 0) is 19.1 Å². The van der Waals surface area contributed by atoms with Gasteiger partial charge in [-0.25, -0.2) is 9.99 Å². The topological polar surface area (TPSA) is 104 Å². The molecule has 0 bridgehead atoms. The molecule has 3 amide bonds. The van der Waals surface area contributed by atoms with Crippen molar-refractivity contribution in [1.29, 1.82) is 0 Å². The molecule has 0 atom stereocenters. The fraction of sp³-hybridized carbons (Fsp3) is 0.353. The third kappa shape index (κ3) is 4.58. The van der Waals surface area contributed by atoms with Gasteiger partial charge in [0.15, 0.2) is 5.13 Å². The van der Waals surface area contributed by atoms with Gasteiger partial charge in [-0.3, -0.25) is 19.7 Å². The predicted octanol–water partition coefficient (Wildman–Crippen LogP) is 2.36. The summed E-state index contributed by atoms with van der Waals surface area (Å²) in [7, 11) is 1.54. The van der Waals surface area contributed by atoms with E-state index in [-0.39, 0.29) is 24.1 Å². The highest BCUT2D eigenvalue weighted by Crippen LogP contribution is 2.34. The summed E-state index contributed by atoms with van der Waals surface area (Å²) in [6.07, 6.45) is 0.598. The minimum Gasteiger partial charge on any atom is -0.351 e. The Bertz CT molecular complexity index is 931. The number of thiophene rings is 1. The highest BCUT2D eigenvalue weighted by atomic mass is 32.1. The molecular formula is C17H19N5O3S2. The van der Waals surface area contributed by atoms with Gasteiger partial charge in [-0.2, -0.15) is 5.10 Å². The SMILES string of the molecule is CC(=O)NCc1ccc(-c2nc(NC(=O)C3=NN(C)C(=O)CC3)sc2C)s1. The molecule has 2 aromatic heterocycles. The van der Waals surface area contributed by atoms with Crippen molar-refractivity contribution in [3.8, 4) is 10.6 Å². The van der Waals surface area contributed by atoms with E-state index in [4.69, 9.17) is 0 Å². The average molecular weight is 406 g/mol. The van der Waals surface area contributed by atoms with E-state index in [1.165, 1.54) is 30.3 Å². The molecule has 0 aliphatic carbocycles. The maximum absolute atomic E-state index is 12.4. The monoisotopic (exact) mass is 405 g/mol. The Hall–Kier alpha value is -2.59. The second kappa shape index (κ2) is 7.97. The van der Waals surface area contributed by atoms with Gasteiger partial charge in [-0.1, -0.05) is 0 Å². The molecule has 2 N–H and O–H groups in total. The number of nitrogens with one attached hydrogen (secondary N) is 2. The van der Waals surface area contributed by atoms with Gasteiger partial charge in [-0.15, -0.1) is 22.7 Å². The van der Waals surface area contributed by atoms with Gasteiger partial charge in [0, 0.05) is 36.6 Å². The highest BCUT2D eigenvalue weighted by molar-refractivity contribution is 7.18. The van der Waals surface area contributed by atoms with Crippen molar-refractivity contribution in [2.75, 3.05) is 12.4 Å². The molecule has 142 valence electrons. The van der Waals surface area contributed by atoms with E-state index >= 15 is 0 Å². The van der Waals surface area contributed by atoms with Crippen LogP contribution >= 0.6 is 22.7 Å². The number of hydrogen-bond donors (Lipinski definition) is 2. The fourth-order valence-corrected chi connectivity index (χ4v) is 4.37. The summed E-state index contributed by atoms with van der Waals surface area (Å²) < 4.78 is 0. The van der Waals surface area contributed by atoms with Gasteiger partial charge in [0.1, 0.15) is 5.71 Å². The minimum atomic E-state index is -0.341. The van der Waals surface area contributed by atoms with E-state index in [9.17, 15) is 14.4 Å². The first-order valence-electron chi connectivity index (χ1n) is 8.30. The van der Waals surface area contributed by atoms with Gasteiger partial charge in [0.25, 0.3) is 5.91 Å². The number of hydrogen-bond acceptors (Lipinski definition) is 7. The number of nitrogens with zero attached hydrogens (tertiary/aromatic N) is 3. The summed E-state index contributed by atoms with van der Waals surface area (Å²) in [5.41, 5.74) is 1.13. The van der Waals surface area contributed by atoms with Crippen molar-refractivity contribution in [1.82, 2.24) is 15.3 Å². The van der Waals surface area contributed by atoms with Crippen LogP contribution in [0.2, 0.25) is 0 Å². The van der Waals surface area contributed by atoms with Crippen molar-refractivity contribution >= 4 is 51.2 Å². The average Bonchev–Trinajstić information content (AvgIpc) is 3.21. The van der Waals surface area contributed by atoms with Gasteiger partial charge >= 0.3 is 0 Å². The largest absolute Gasteiger partial charge is 0.351 e. The molecule has 0 radical (unpaired) electrons. The van der Waals surface area contributed by atoms with Crippen LogP contribution in [0.1, 0.15) is 29.5 Å². The quantitative estimate of drug-likeness (QED) is 0.797. The number of amides is 3. The number of thiazole rings is 1. The second-order valence-corrected chi connectivity index (χ2v) is 8.39. The molecule has 27 heavy (non-hydrogen) atoms. The number of aryl methyl sites for hydroxylation is 1. The zero-order valence-corrected chi connectivity index (χ0v) is 16.8. The molecule has 1 aliphatic heterocycles. The molecule has 0 spiro atoms. The van der Waals surface area contributed by atoms with E-state index in [1.54, 1.807) is 11.3 Å². The van der Waals surface area contributed by atoms with Gasteiger partial charge in [0.2, 0.25) is 11.8 Å². The molecule has 3 rings (SSSR count). The Morgan fingerprint density at radius 2 is 2.04 bits per heavy atom. The first kappa shape index (κ1) is 19.2. The lowest BCUT2D eigenvalue weighted by Gasteiger charge is -2.18. The molecule has 10 heteroatoms. The van der Waals surface area contributed by atoms with Crippen molar-refractivity contribution in [2.24, 2.45) is 5.10 Å². The Balaban J connectivity index is 1.71. The molecule has 0 aromatic carbocycles. The summed E-state index contributed by atoms with van der Waals surface area (Å²) >= 11 is 2.94. The predicted molar refractivity (Wildman–Crippen MR) is 106 cm³/mol. The van der Waals surface area contributed by atoms with E-state index in [1.807, 2.05) is 19.1 Å². The molecule has 3 heterocycles. The van der Waals surface area contributed by atoms with E-state index in [2.05, 4.69) is 20.7 Å². The Labute approximate surface area is 164 Å². The minimum absolute atomic E-state index is 0.0715. The lowest BCUT2D eigenvalue weighted by atomic mass is 10.1. The van der Waals surface area contributed by atoms with Crippen molar-refractivity contribution < 1.29 is 14.4 Å². The van der Waals surface area contributed by atoms with Crippen LogP contribution in [0.15, 0.2) is 17.2 Å². The maximum atomic E-state index is 12.4. The summed E-state index contributed by atoms with van der Waals surface area (Å²) in [5, 5.41) is 11.2. The van der Waals surface area contributed by atoms with Crippen LogP contribution in [0.5, 0.6) is 0 Å².